The first-order chi connectivity index (χ1) is 17.3. The highest BCUT2D eigenvalue weighted by atomic mass is 35.5. The molecule has 0 atom stereocenters. The predicted octanol–water partition coefficient (Wildman–Crippen LogP) is 5.74. The van der Waals surface area contributed by atoms with E-state index in [1.165, 1.54) is 11.9 Å². The minimum Gasteiger partial charge on any atom is -0.455 e. The van der Waals surface area contributed by atoms with E-state index >= 15 is 0 Å². The molecule has 4 aromatic rings. The molecule has 0 aliphatic heterocycles. The van der Waals surface area contributed by atoms with Gasteiger partial charge >= 0.3 is 7.12 Å². The van der Waals surface area contributed by atoms with Crippen LogP contribution in [0.5, 0.6) is 0 Å². The molecule has 1 fully saturated rings. The lowest BCUT2D eigenvalue weighted by Crippen LogP contribution is -2.30. The molecule has 1 saturated carbocycles. The molecule has 36 heavy (non-hydrogen) atoms. The third-order valence-corrected chi connectivity index (χ3v) is 7.67. The smallest absolute Gasteiger partial charge is 0.455 e. The van der Waals surface area contributed by atoms with Gasteiger partial charge in [-0.05, 0) is 78.7 Å². The molecule has 1 aromatic heterocycles. The molecule has 0 saturated heterocycles. The average molecular weight is 541 g/mol. The third-order valence-electron chi connectivity index (χ3n) is 6.31. The van der Waals surface area contributed by atoms with Crippen molar-refractivity contribution in [2.45, 2.75) is 18.8 Å². The van der Waals surface area contributed by atoms with E-state index in [4.69, 9.17) is 27.6 Å². The summed E-state index contributed by atoms with van der Waals surface area (Å²) < 4.78 is 8.35. The topological polar surface area (TPSA) is 85.9 Å². The van der Waals surface area contributed by atoms with E-state index in [1.54, 1.807) is 37.4 Å². The van der Waals surface area contributed by atoms with E-state index in [9.17, 15) is 14.8 Å². The SMILES string of the molecule is CNC(=O)c1c(-c2ccc(Cl)cc2)oc2cc(N(SC)c3ccc(B(O)O)c(Cl)c3)c(C3CC3)cc12. The van der Waals surface area contributed by atoms with E-state index in [0.29, 0.717) is 27.8 Å². The zero-order valence-electron chi connectivity index (χ0n) is 19.6. The summed E-state index contributed by atoms with van der Waals surface area (Å²) in [5.74, 6) is 0.638. The van der Waals surface area contributed by atoms with Crippen LogP contribution in [0.4, 0.5) is 11.4 Å². The van der Waals surface area contributed by atoms with Crippen LogP contribution in [-0.2, 0) is 0 Å². The quantitative estimate of drug-likeness (QED) is 0.205. The second kappa shape index (κ2) is 10.0. The number of benzene rings is 3. The number of fused-ring (bicyclic) bond motifs is 1. The zero-order chi connectivity index (χ0) is 25.6. The highest BCUT2D eigenvalue weighted by molar-refractivity contribution is 8.00. The maximum absolute atomic E-state index is 13.0. The minimum atomic E-state index is -1.65. The zero-order valence-corrected chi connectivity index (χ0v) is 21.9. The van der Waals surface area contributed by atoms with Gasteiger partial charge in [0.1, 0.15) is 11.3 Å². The van der Waals surface area contributed by atoms with Crippen molar-refractivity contribution in [3.8, 4) is 11.3 Å². The Labute approximate surface area is 223 Å². The normalized spacial score (nSPS) is 13.2. The van der Waals surface area contributed by atoms with Crippen molar-refractivity contribution in [2.75, 3.05) is 17.6 Å². The fraction of sp³-hybridized carbons (Fsp3) is 0.192. The largest absolute Gasteiger partial charge is 0.489 e. The van der Waals surface area contributed by atoms with Crippen LogP contribution in [0.1, 0.15) is 34.7 Å². The summed E-state index contributed by atoms with van der Waals surface area (Å²) in [6.07, 6.45) is 4.09. The molecule has 1 amide bonds. The predicted molar refractivity (Wildman–Crippen MR) is 149 cm³/mol. The van der Waals surface area contributed by atoms with Gasteiger partial charge in [0.05, 0.1) is 16.9 Å². The van der Waals surface area contributed by atoms with Gasteiger partial charge in [0.25, 0.3) is 5.91 Å². The Hall–Kier alpha value is -2.62. The maximum atomic E-state index is 13.0. The highest BCUT2D eigenvalue weighted by Gasteiger charge is 2.32. The summed E-state index contributed by atoms with van der Waals surface area (Å²) in [4.78, 5) is 13.0. The molecule has 6 nitrogen and oxygen atoms in total. The molecule has 0 radical (unpaired) electrons. The first kappa shape index (κ1) is 25.1. The van der Waals surface area contributed by atoms with Crippen molar-refractivity contribution in [1.82, 2.24) is 5.32 Å². The van der Waals surface area contributed by atoms with Crippen molar-refractivity contribution < 1.29 is 19.3 Å². The Balaban J connectivity index is 1.70. The summed E-state index contributed by atoms with van der Waals surface area (Å²) in [7, 11) is -0.0417. The van der Waals surface area contributed by atoms with Gasteiger partial charge in [-0.1, -0.05) is 29.3 Å². The van der Waals surface area contributed by atoms with Gasteiger partial charge in [0, 0.05) is 45.8 Å². The Bertz CT molecular complexity index is 1450. The van der Waals surface area contributed by atoms with E-state index in [-0.39, 0.29) is 16.4 Å². The molecule has 184 valence electrons. The Morgan fingerprint density at radius 3 is 2.42 bits per heavy atom. The Kier molecular flexibility index (Phi) is 6.98. The van der Waals surface area contributed by atoms with Gasteiger partial charge in [0.15, 0.2) is 0 Å². The molecule has 1 aliphatic rings. The molecule has 3 aromatic carbocycles. The molecule has 1 heterocycles. The number of hydrogen-bond acceptors (Lipinski definition) is 6. The molecule has 3 N–H and O–H groups in total. The highest BCUT2D eigenvalue weighted by Crippen LogP contribution is 2.50. The monoisotopic (exact) mass is 540 g/mol. The minimum absolute atomic E-state index is 0.222. The van der Waals surface area contributed by atoms with E-state index < -0.39 is 7.12 Å². The van der Waals surface area contributed by atoms with Gasteiger partial charge in [-0.2, -0.15) is 0 Å². The van der Waals surface area contributed by atoms with E-state index in [1.807, 2.05) is 28.8 Å². The standard InChI is InChI=1S/C26H23BCl2N2O4S/c1-30-26(32)24-19-12-18(14-3-4-14)22(13-23(19)35-25(24)15-5-7-16(28)8-6-15)31(36-2)17-9-10-20(27(33)34)21(29)11-17/h5-14,33-34H,3-4H2,1-2H3,(H,30,32). The van der Waals surface area contributed by atoms with Crippen LogP contribution in [0.3, 0.4) is 0 Å². The number of carbonyl (C=O) groups is 1. The summed E-state index contributed by atoms with van der Waals surface area (Å²) in [5, 5.41) is 23.5. The number of furan rings is 1. The average Bonchev–Trinajstić information content (AvgIpc) is 3.64. The number of hydrogen-bond donors (Lipinski definition) is 3. The van der Waals surface area contributed by atoms with Crippen LogP contribution in [0.2, 0.25) is 10.0 Å². The van der Waals surface area contributed by atoms with Crippen molar-refractivity contribution in [3.63, 3.8) is 0 Å². The van der Waals surface area contributed by atoms with Gasteiger partial charge in [0.2, 0.25) is 0 Å². The molecule has 10 heteroatoms. The lowest BCUT2D eigenvalue weighted by atomic mass is 9.80. The molecular formula is C26H23BCl2N2O4S. The molecule has 0 spiro atoms. The first-order valence-corrected chi connectivity index (χ1v) is 13.3. The molecule has 0 bridgehead atoms. The van der Waals surface area contributed by atoms with Crippen molar-refractivity contribution in [3.05, 3.63) is 75.8 Å². The van der Waals surface area contributed by atoms with Crippen LogP contribution >= 0.6 is 35.1 Å². The van der Waals surface area contributed by atoms with Crippen LogP contribution in [0.25, 0.3) is 22.3 Å². The third kappa shape index (κ3) is 4.60. The van der Waals surface area contributed by atoms with Gasteiger partial charge in [-0.25, -0.2) is 0 Å². The molecule has 0 unspecified atom stereocenters. The van der Waals surface area contributed by atoms with Gasteiger partial charge in [-0.3, -0.25) is 9.10 Å². The van der Waals surface area contributed by atoms with Crippen LogP contribution < -0.4 is 15.1 Å². The number of carbonyl (C=O) groups excluding carboxylic acids is 1. The summed E-state index contributed by atoms with van der Waals surface area (Å²) in [6, 6.07) is 16.4. The molecular weight excluding hydrogens is 518 g/mol. The maximum Gasteiger partial charge on any atom is 0.489 e. The lowest BCUT2D eigenvalue weighted by molar-refractivity contribution is 0.0964. The molecule has 5 rings (SSSR count). The fourth-order valence-electron chi connectivity index (χ4n) is 4.40. The Morgan fingerprint density at radius 1 is 1.11 bits per heavy atom. The number of anilines is 2. The van der Waals surface area contributed by atoms with Gasteiger partial charge < -0.3 is 19.8 Å². The number of nitrogens with one attached hydrogen (secondary N) is 1. The van der Waals surface area contributed by atoms with E-state index in [2.05, 4.69) is 11.4 Å². The van der Waals surface area contributed by atoms with Gasteiger partial charge in [-0.15, -0.1) is 0 Å². The second-order valence-electron chi connectivity index (χ2n) is 8.63. The van der Waals surface area contributed by atoms with Crippen LogP contribution in [-0.4, -0.2) is 36.4 Å². The lowest BCUT2D eigenvalue weighted by Gasteiger charge is -2.25. The van der Waals surface area contributed by atoms with Crippen molar-refractivity contribution >= 4 is 76.0 Å². The van der Waals surface area contributed by atoms with E-state index in [0.717, 1.165) is 40.7 Å². The summed E-state index contributed by atoms with van der Waals surface area (Å²) in [5.41, 5.74) is 4.92. The van der Waals surface area contributed by atoms with Crippen LogP contribution in [0, 0.1) is 0 Å². The Morgan fingerprint density at radius 2 is 1.83 bits per heavy atom. The first-order valence-electron chi connectivity index (χ1n) is 11.4. The molecule has 1 aliphatic carbocycles. The summed E-state index contributed by atoms with van der Waals surface area (Å²) >= 11 is 13.9. The summed E-state index contributed by atoms with van der Waals surface area (Å²) in [6.45, 7) is 0. The number of nitrogens with zero attached hydrogens (tertiary/aromatic N) is 1. The number of rotatable bonds is 7. The second-order valence-corrected chi connectivity index (χ2v) is 10.2. The van der Waals surface area contributed by atoms with Crippen molar-refractivity contribution in [1.29, 1.82) is 0 Å². The van der Waals surface area contributed by atoms with Crippen molar-refractivity contribution in [2.24, 2.45) is 0 Å². The fourth-order valence-corrected chi connectivity index (χ4v) is 5.47. The number of halogens is 2. The number of amides is 1. The van der Waals surface area contributed by atoms with Crippen LogP contribution in [0.15, 0.2) is 59.0 Å².